The number of carbonyl (C=O) groups is 2. The number of anilines is 1. The van der Waals surface area contributed by atoms with Gasteiger partial charge in [-0.1, -0.05) is 36.4 Å². The van der Waals surface area contributed by atoms with E-state index >= 15 is 0 Å². The third-order valence-corrected chi connectivity index (χ3v) is 5.51. The van der Waals surface area contributed by atoms with Crippen LogP contribution in [0.1, 0.15) is 16.7 Å². The van der Waals surface area contributed by atoms with E-state index < -0.39 is 0 Å². The molecule has 2 amide bonds. The van der Waals surface area contributed by atoms with Gasteiger partial charge in [-0.05, 0) is 31.0 Å². The maximum atomic E-state index is 12.7. The summed E-state index contributed by atoms with van der Waals surface area (Å²) < 4.78 is 5.34. The van der Waals surface area contributed by atoms with Crippen molar-refractivity contribution in [2.24, 2.45) is 0 Å². The van der Waals surface area contributed by atoms with Crippen molar-refractivity contribution in [1.82, 2.24) is 4.90 Å². The third kappa shape index (κ3) is 5.35. The van der Waals surface area contributed by atoms with Crippen LogP contribution in [0.25, 0.3) is 0 Å². The van der Waals surface area contributed by atoms with Crippen LogP contribution in [0.5, 0.6) is 5.75 Å². The molecule has 0 aliphatic carbocycles. The van der Waals surface area contributed by atoms with Gasteiger partial charge in [0.1, 0.15) is 5.75 Å². The van der Waals surface area contributed by atoms with Crippen molar-refractivity contribution in [2.75, 3.05) is 45.2 Å². The zero-order valence-corrected chi connectivity index (χ0v) is 17.5. The first-order valence-corrected chi connectivity index (χ1v) is 10.1. The molecule has 0 spiro atoms. The normalized spacial score (nSPS) is 14.5. The number of aryl methyl sites for hydroxylation is 2. The van der Waals surface area contributed by atoms with Gasteiger partial charge >= 0.3 is 0 Å². The summed E-state index contributed by atoms with van der Waals surface area (Å²) in [6.45, 7) is 7.31. The molecule has 0 radical (unpaired) electrons. The summed E-state index contributed by atoms with van der Waals surface area (Å²) in [5, 5.41) is 3.05. The number of para-hydroxylation sites is 2. The Morgan fingerprint density at radius 3 is 2.34 bits per heavy atom. The fourth-order valence-corrected chi connectivity index (χ4v) is 3.80. The summed E-state index contributed by atoms with van der Waals surface area (Å²) in [4.78, 5) is 28.2. The summed E-state index contributed by atoms with van der Waals surface area (Å²) in [5.41, 5.74) is 3.95. The van der Waals surface area contributed by atoms with Crippen LogP contribution in [-0.2, 0) is 16.0 Å². The minimum Gasteiger partial charge on any atom is -0.496 e. The summed E-state index contributed by atoms with van der Waals surface area (Å²) in [5.74, 6) is 0.869. The number of hydrogen-bond donors (Lipinski definition) is 2. The highest BCUT2D eigenvalue weighted by Gasteiger charge is 2.26. The van der Waals surface area contributed by atoms with E-state index in [9.17, 15) is 9.59 Å². The highest BCUT2D eigenvalue weighted by Crippen LogP contribution is 2.19. The van der Waals surface area contributed by atoms with Gasteiger partial charge in [-0.25, -0.2) is 0 Å². The largest absolute Gasteiger partial charge is 0.496 e. The number of methoxy groups -OCH3 is 1. The Bertz CT molecular complexity index is 853. The monoisotopic (exact) mass is 396 g/mol. The fraction of sp³-hybridized carbons (Fsp3) is 0.391. The van der Waals surface area contributed by atoms with Crippen molar-refractivity contribution < 1.29 is 19.2 Å². The molecule has 0 aromatic heterocycles. The van der Waals surface area contributed by atoms with Crippen LogP contribution in [0, 0.1) is 13.8 Å². The van der Waals surface area contributed by atoms with Crippen molar-refractivity contribution in [3.05, 3.63) is 59.2 Å². The number of ether oxygens (including phenoxy) is 1. The van der Waals surface area contributed by atoms with Gasteiger partial charge in [0, 0.05) is 11.3 Å². The highest BCUT2D eigenvalue weighted by atomic mass is 16.5. The van der Waals surface area contributed by atoms with Gasteiger partial charge in [0.25, 0.3) is 5.91 Å². The molecule has 2 N–H and O–H groups in total. The molecule has 1 heterocycles. The quantitative estimate of drug-likeness (QED) is 0.772. The third-order valence-electron chi connectivity index (χ3n) is 5.51. The van der Waals surface area contributed by atoms with Crippen LogP contribution < -0.4 is 15.0 Å². The Morgan fingerprint density at radius 2 is 1.69 bits per heavy atom. The molecular weight excluding hydrogens is 366 g/mol. The smallest absolute Gasteiger partial charge is 0.279 e. The van der Waals surface area contributed by atoms with Crippen LogP contribution in [0.3, 0.4) is 0 Å². The topological polar surface area (TPSA) is 63.1 Å². The summed E-state index contributed by atoms with van der Waals surface area (Å²) >= 11 is 0. The minimum atomic E-state index is 0.0196. The maximum Gasteiger partial charge on any atom is 0.279 e. The first-order valence-electron chi connectivity index (χ1n) is 10.1. The van der Waals surface area contributed by atoms with Gasteiger partial charge in [0.15, 0.2) is 6.54 Å². The zero-order chi connectivity index (χ0) is 20.8. The van der Waals surface area contributed by atoms with Crippen molar-refractivity contribution in [2.45, 2.75) is 20.3 Å². The molecule has 154 valence electrons. The number of hydrogen-bond acceptors (Lipinski definition) is 3. The van der Waals surface area contributed by atoms with Crippen LogP contribution in [0.4, 0.5) is 5.69 Å². The molecule has 3 rings (SSSR count). The number of carbonyl (C=O) groups excluding carboxylic acids is 2. The van der Waals surface area contributed by atoms with E-state index in [1.54, 1.807) is 7.11 Å². The average Bonchev–Trinajstić information content (AvgIpc) is 2.72. The Labute approximate surface area is 172 Å². The van der Waals surface area contributed by atoms with Crippen LogP contribution in [0.2, 0.25) is 0 Å². The second kappa shape index (κ2) is 9.56. The predicted octanol–water partition coefficient (Wildman–Crippen LogP) is 1.22. The van der Waals surface area contributed by atoms with Gasteiger partial charge in [-0.3, -0.25) is 9.59 Å². The number of piperazine rings is 1. The fourth-order valence-electron chi connectivity index (χ4n) is 3.80. The Hall–Kier alpha value is -2.86. The van der Waals surface area contributed by atoms with Crippen LogP contribution in [-0.4, -0.2) is 56.5 Å². The lowest BCUT2D eigenvalue weighted by Crippen LogP contribution is -3.15. The molecule has 1 aliphatic heterocycles. The molecule has 1 aliphatic rings. The molecule has 0 atom stereocenters. The molecule has 0 unspecified atom stereocenters. The molecule has 1 saturated heterocycles. The van der Waals surface area contributed by atoms with Crippen LogP contribution >= 0.6 is 0 Å². The second-order valence-electron chi connectivity index (χ2n) is 7.61. The van der Waals surface area contributed by atoms with E-state index in [-0.39, 0.29) is 11.8 Å². The Kier molecular flexibility index (Phi) is 6.88. The van der Waals surface area contributed by atoms with Gasteiger partial charge in [0.2, 0.25) is 5.91 Å². The lowest BCUT2D eigenvalue weighted by Gasteiger charge is -2.32. The minimum absolute atomic E-state index is 0.0196. The van der Waals surface area contributed by atoms with Gasteiger partial charge in [-0.2, -0.15) is 0 Å². The molecule has 0 bridgehead atoms. The zero-order valence-electron chi connectivity index (χ0n) is 17.5. The molecule has 29 heavy (non-hydrogen) atoms. The van der Waals surface area contributed by atoms with E-state index in [4.69, 9.17) is 4.74 Å². The predicted molar refractivity (Wildman–Crippen MR) is 113 cm³/mol. The van der Waals surface area contributed by atoms with Gasteiger partial charge < -0.3 is 19.9 Å². The van der Waals surface area contributed by atoms with Crippen molar-refractivity contribution in [3.8, 4) is 5.75 Å². The summed E-state index contributed by atoms with van der Waals surface area (Å²) in [7, 11) is 1.62. The van der Waals surface area contributed by atoms with Gasteiger partial charge in [0.05, 0.1) is 39.7 Å². The summed E-state index contributed by atoms with van der Waals surface area (Å²) in [6, 6.07) is 13.6. The summed E-state index contributed by atoms with van der Waals surface area (Å²) in [6.07, 6.45) is 0.340. The number of rotatable bonds is 6. The molecule has 0 saturated carbocycles. The number of quaternary nitrogens is 1. The molecule has 6 heteroatoms. The molecule has 1 fully saturated rings. The standard InChI is InChI=1S/C23H29N3O3/c1-17-7-6-8-18(2)23(17)24-21(27)16-25-11-13-26(14-12-25)22(28)15-19-9-4-5-10-20(19)29-3/h4-10H,11-16H2,1-3H3,(H,24,27)/p+1. The number of nitrogens with zero attached hydrogens (tertiary/aromatic N) is 1. The maximum absolute atomic E-state index is 12.7. The van der Waals surface area contributed by atoms with Crippen molar-refractivity contribution in [3.63, 3.8) is 0 Å². The second-order valence-corrected chi connectivity index (χ2v) is 7.61. The SMILES string of the molecule is COc1ccccc1CC(=O)N1CC[NH+](CC(=O)Nc2c(C)cccc2C)CC1. The first kappa shape index (κ1) is 20.9. The number of benzene rings is 2. The average molecular weight is 397 g/mol. The molecular formula is C23H30N3O3+. The van der Waals surface area contributed by atoms with E-state index in [1.807, 2.05) is 61.2 Å². The first-order chi connectivity index (χ1) is 14.0. The van der Waals surface area contributed by atoms with E-state index in [2.05, 4.69) is 5.32 Å². The van der Waals surface area contributed by atoms with E-state index in [1.165, 1.54) is 4.90 Å². The number of amides is 2. The lowest BCUT2D eigenvalue weighted by atomic mass is 10.1. The highest BCUT2D eigenvalue weighted by molar-refractivity contribution is 5.93. The molecule has 6 nitrogen and oxygen atoms in total. The van der Waals surface area contributed by atoms with E-state index in [0.29, 0.717) is 26.1 Å². The van der Waals surface area contributed by atoms with Crippen molar-refractivity contribution in [1.29, 1.82) is 0 Å². The van der Waals surface area contributed by atoms with E-state index in [0.717, 1.165) is 41.2 Å². The number of nitrogens with one attached hydrogen (secondary N) is 2. The van der Waals surface area contributed by atoms with Gasteiger partial charge in [-0.15, -0.1) is 0 Å². The van der Waals surface area contributed by atoms with Crippen LogP contribution in [0.15, 0.2) is 42.5 Å². The Balaban J connectivity index is 1.49. The lowest BCUT2D eigenvalue weighted by molar-refractivity contribution is -0.895. The molecule has 2 aromatic carbocycles. The Morgan fingerprint density at radius 1 is 1.03 bits per heavy atom. The molecule has 2 aromatic rings. The van der Waals surface area contributed by atoms with Crippen molar-refractivity contribution >= 4 is 17.5 Å².